The van der Waals surface area contributed by atoms with Gasteiger partial charge < -0.3 is 10.1 Å². The average Bonchev–Trinajstić information content (AvgIpc) is 2.63. The number of rotatable bonds is 5. The summed E-state index contributed by atoms with van der Waals surface area (Å²) in [6.07, 6.45) is 8.61. The van der Waals surface area contributed by atoms with Crippen LogP contribution in [0.15, 0.2) is 30.6 Å². The maximum Gasteiger partial charge on any atom is 0.248 e. The number of anilines is 1. The molecule has 1 N–H and O–H groups in total. The van der Waals surface area contributed by atoms with Gasteiger partial charge in [0.05, 0.1) is 18.3 Å². The molecule has 0 aliphatic carbocycles. The molecular weight excluding hydrogens is 340 g/mol. The van der Waals surface area contributed by atoms with Crippen molar-refractivity contribution in [2.45, 2.75) is 19.3 Å². The number of nitrogens with one attached hydrogen (secondary N) is 1. The Labute approximate surface area is 151 Å². The summed E-state index contributed by atoms with van der Waals surface area (Å²) in [5.74, 6) is 0.322. The molecule has 7 heteroatoms. The van der Waals surface area contributed by atoms with Crippen LogP contribution < -0.4 is 10.1 Å². The number of fused-ring (bicyclic) bond motifs is 1. The van der Waals surface area contributed by atoms with E-state index in [1.54, 1.807) is 25.3 Å². The van der Waals surface area contributed by atoms with E-state index < -0.39 is 0 Å². The fraction of sp³-hybridized carbons (Fsp3) is 0.389. The lowest BCUT2D eigenvalue weighted by Gasteiger charge is -2.24. The lowest BCUT2D eigenvalue weighted by atomic mass is 10.1. The lowest BCUT2D eigenvalue weighted by molar-refractivity contribution is -0.111. The molecule has 1 aliphatic rings. The molecule has 0 radical (unpaired) electrons. The molecule has 0 bridgehead atoms. The van der Waals surface area contributed by atoms with Gasteiger partial charge in [0.15, 0.2) is 0 Å². The van der Waals surface area contributed by atoms with Crippen LogP contribution in [-0.2, 0) is 4.79 Å². The SMILES string of the molecule is COc1cc2ncnc(Cl)c2cc1NC(=O)C=CCN1CCCCC1. The largest absolute Gasteiger partial charge is 0.494 e. The molecule has 2 aromatic rings. The Morgan fingerprint density at radius 3 is 2.88 bits per heavy atom. The summed E-state index contributed by atoms with van der Waals surface area (Å²) in [4.78, 5) is 22.7. The van der Waals surface area contributed by atoms with Gasteiger partial charge in [0, 0.05) is 24.1 Å². The predicted octanol–water partition coefficient (Wildman–Crippen LogP) is 3.27. The molecule has 0 spiro atoms. The molecule has 1 aliphatic heterocycles. The zero-order valence-corrected chi connectivity index (χ0v) is 14.9. The number of nitrogens with zero attached hydrogens (tertiary/aromatic N) is 3. The van der Waals surface area contributed by atoms with Crippen LogP contribution >= 0.6 is 11.6 Å². The van der Waals surface area contributed by atoms with Crippen LogP contribution in [-0.4, -0.2) is 47.5 Å². The quantitative estimate of drug-likeness (QED) is 0.654. The molecule has 1 amide bonds. The molecule has 6 nitrogen and oxygen atoms in total. The highest BCUT2D eigenvalue weighted by Crippen LogP contribution is 2.31. The van der Waals surface area contributed by atoms with Crippen LogP contribution in [0.5, 0.6) is 5.75 Å². The fourth-order valence-electron chi connectivity index (χ4n) is 2.94. The molecule has 1 aromatic heterocycles. The van der Waals surface area contributed by atoms with Crippen molar-refractivity contribution in [3.8, 4) is 5.75 Å². The Morgan fingerprint density at radius 2 is 2.12 bits per heavy atom. The van der Waals surface area contributed by atoms with E-state index in [4.69, 9.17) is 16.3 Å². The Balaban J connectivity index is 1.70. The molecule has 25 heavy (non-hydrogen) atoms. The van der Waals surface area contributed by atoms with Crippen LogP contribution in [0.25, 0.3) is 10.9 Å². The van der Waals surface area contributed by atoms with Gasteiger partial charge in [0.25, 0.3) is 0 Å². The predicted molar refractivity (Wildman–Crippen MR) is 99.2 cm³/mol. The summed E-state index contributed by atoms with van der Waals surface area (Å²) >= 11 is 6.11. The molecule has 3 rings (SSSR count). The second kappa shape index (κ2) is 8.27. The summed E-state index contributed by atoms with van der Waals surface area (Å²) in [7, 11) is 1.55. The first kappa shape index (κ1) is 17.6. The molecule has 0 unspecified atom stereocenters. The number of carbonyl (C=O) groups excluding carboxylic acids is 1. The van der Waals surface area contributed by atoms with Gasteiger partial charge in [-0.1, -0.05) is 24.1 Å². The van der Waals surface area contributed by atoms with Crippen molar-refractivity contribution < 1.29 is 9.53 Å². The number of halogens is 1. The summed E-state index contributed by atoms with van der Waals surface area (Å²) in [6.45, 7) is 2.99. The number of benzene rings is 1. The van der Waals surface area contributed by atoms with E-state index in [1.807, 2.05) is 6.08 Å². The summed E-state index contributed by atoms with van der Waals surface area (Å²) in [5.41, 5.74) is 1.20. The number of methoxy groups -OCH3 is 1. The van der Waals surface area contributed by atoms with E-state index in [0.29, 0.717) is 27.5 Å². The number of piperidine rings is 1. The maximum atomic E-state index is 12.2. The van der Waals surface area contributed by atoms with Crippen molar-refractivity contribution in [2.24, 2.45) is 0 Å². The number of likely N-dealkylation sites (tertiary alicyclic amines) is 1. The highest BCUT2D eigenvalue weighted by molar-refractivity contribution is 6.34. The van der Waals surface area contributed by atoms with Crippen LogP contribution in [0.1, 0.15) is 19.3 Å². The minimum atomic E-state index is -0.206. The smallest absolute Gasteiger partial charge is 0.248 e. The van der Waals surface area contributed by atoms with Gasteiger partial charge >= 0.3 is 0 Å². The zero-order chi connectivity index (χ0) is 17.6. The number of ether oxygens (including phenoxy) is 1. The van der Waals surface area contributed by atoms with Gasteiger partial charge in [-0.05, 0) is 32.0 Å². The van der Waals surface area contributed by atoms with E-state index in [9.17, 15) is 4.79 Å². The topological polar surface area (TPSA) is 67.4 Å². The van der Waals surface area contributed by atoms with Crippen LogP contribution in [0, 0.1) is 0 Å². The Bertz CT molecular complexity index is 788. The number of amides is 1. The zero-order valence-electron chi connectivity index (χ0n) is 14.2. The first-order chi connectivity index (χ1) is 12.2. The number of hydrogen-bond donors (Lipinski definition) is 1. The first-order valence-electron chi connectivity index (χ1n) is 8.35. The Kier molecular flexibility index (Phi) is 5.83. The lowest BCUT2D eigenvalue weighted by Crippen LogP contribution is -2.29. The fourth-order valence-corrected chi connectivity index (χ4v) is 3.14. The third kappa shape index (κ3) is 4.46. The maximum absolute atomic E-state index is 12.2. The third-order valence-electron chi connectivity index (χ3n) is 4.25. The van der Waals surface area contributed by atoms with Crippen LogP contribution in [0.3, 0.4) is 0 Å². The number of carbonyl (C=O) groups is 1. The minimum Gasteiger partial charge on any atom is -0.494 e. The van der Waals surface area contributed by atoms with Crippen molar-refractivity contribution in [1.82, 2.24) is 14.9 Å². The van der Waals surface area contributed by atoms with Gasteiger partial charge in [-0.2, -0.15) is 0 Å². The summed E-state index contributed by atoms with van der Waals surface area (Å²) in [5, 5.41) is 3.84. The van der Waals surface area contributed by atoms with Gasteiger partial charge in [0.1, 0.15) is 17.2 Å². The number of aromatic nitrogens is 2. The highest BCUT2D eigenvalue weighted by Gasteiger charge is 2.11. The van der Waals surface area contributed by atoms with Crippen molar-refractivity contribution >= 4 is 34.1 Å². The highest BCUT2D eigenvalue weighted by atomic mass is 35.5. The Hall–Kier alpha value is -2.18. The summed E-state index contributed by atoms with van der Waals surface area (Å²) < 4.78 is 5.34. The van der Waals surface area contributed by atoms with Crippen LogP contribution in [0.2, 0.25) is 5.15 Å². The van der Waals surface area contributed by atoms with E-state index in [1.165, 1.54) is 25.6 Å². The van der Waals surface area contributed by atoms with Crippen molar-refractivity contribution in [2.75, 3.05) is 32.1 Å². The standard InChI is InChI=1S/C18H21ClN4O2/c1-25-16-11-14-13(18(19)21-12-20-14)10-15(16)22-17(24)6-5-9-23-7-3-2-4-8-23/h5-6,10-12H,2-4,7-9H2,1H3,(H,22,24). The van der Waals surface area contributed by atoms with Gasteiger partial charge in [-0.3, -0.25) is 9.69 Å². The monoisotopic (exact) mass is 360 g/mol. The molecule has 0 atom stereocenters. The Morgan fingerprint density at radius 1 is 1.32 bits per heavy atom. The normalized spacial score (nSPS) is 15.6. The van der Waals surface area contributed by atoms with E-state index in [-0.39, 0.29) is 5.91 Å². The minimum absolute atomic E-state index is 0.206. The molecule has 1 fully saturated rings. The second-order valence-electron chi connectivity index (χ2n) is 5.99. The van der Waals surface area contributed by atoms with E-state index in [2.05, 4.69) is 20.2 Å². The van der Waals surface area contributed by atoms with Crippen molar-refractivity contribution in [1.29, 1.82) is 0 Å². The average molecular weight is 361 g/mol. The second-order valence-corrected chi connectivity index (χ2v) is 6.35. The van der Waals surface area contributed by atoms with Gasteiger partial charge in [-0.25, -0.2) is 9.97 Å². The molecule has 0 saturated carbocycles. The van der Waals surface area contributed by atoms with Crippen LogP contribution in [0.4, 0.5) is 5.69 Å². The van der Waals surface area contributed by atoms with E-state index in [0.717, 1.165) is 19.6 Å². The molecule has 2 heterocycles. The first-order valence-corrected chi connectivity index (χ1v) is 8.73. The van der Waals surface area contributed by atoms with Crippen molar-refractivity contribution in [3.05, 3.63) is 35.8 Å². The molecular formula is C18H21ClN4O2. The number of hydrogen-bond acceptors (Lipinski definition) is 5. The summed E-state index contributed by atoms with van der Waals surface area (Å²) in [6, 6.07) is 3.46. The third-order valence-corrected chi connectivity index (χ3v) is 4.55. The van der Waals surface area contributed by atoms with Gasteiger partial charge in [0.2, 0.25) is 5.91 Å². The molecule has 1 saturated heterocycles. The van der Waals surface area contributed by atoms with Crippen molar-refractivity contribution in [3.63, 3.8) is 0 Å². The molecule has 1 aromatic carbocycles. The van der Waals surface area contributed by atoms with Gasteiger partial charge in [-0.15, -0.1) is 0 Å². The molecule has 132 valence electrons. The van der Waals surface area contributed by atoms with E-state index >= 15 is 0 Å².